The van der Waals surface area contributed by atoms with Gasteiger partial charge in [0.15, 0.2) is 0 Å². The van der Waals surface area contributed by atoms with Gasteiger partial charge in [-0.3, -0.25) is 5.10 Å². The maximum Gasteiger partial charge on any atom is 0.339 e. The average Bonchev–Trinajstić information content (AvgIpc) is 2.71. The highest BCUT2D eigenvalue weighted by Crippen LogP contribution is 2.25. The summed E-state index contributed by atoms with van der Waals surface area (Å²) < 4.78 is 0. The van der Waals surface area contributed by atoms with E-state index in [0.29, 0.717) is 5.69 Å². The van der Waals surface area contributed by atoms with Gasteiger partial charge in [0.25, 0.3) is 0 Å². The fraction of sp³-hybridized carbons (Fsp3) is 0.200. The molecule has 5 heteroatoms. The van der Waals surface area contributed by atoms with E-state index >= 15 is 0 Å². The number of H-pyrrole nitrogens is 2. The molecule has 0 amide bonds. The fourth-order valence-corrected chi connectivity index (χ4v) is 1.64. The molecule has 2 rings (SSSR count). The summed E-state index contributed by atoms with van der Waals surface area (Å²) in [5, 5.41) is 15.4. The molecule has 2 aromatic heterocycles. The van der Waals surface area contributed by atoms with E-state index in [-0.39, 0.29) is 5.56 Å². The van der Waals surface area contributed by atoms with Crippen LogP contribution in [0.4, 0.5) is 0 Å². The van der Waals surface area contributed by atoms with Gasteiger partial charge in [0.2, 0.25) is 0 Å². The van der Waals surface area contributed by atoms with Gasteiger partial charge in [-0.25, -0.2) is 4.79 Å². The average molecular weight is 205 g/mol. The zero-order valence-electron chi connectivity index (χ0n) is 8.46. The summed E-state index contributed by atoms with van der Waals surface area (Å²) in [5.41, 5.74) is 3.51. The van der Waals surface area contributed by atoms with Crippen molar-refractivity contribution >= 4 is 5.97 Å². The van der Waals surface area contributed by atoms with Crippen molar-refractivity contribution in [2.24, 2.45) is 0 Å². The molecule has 0 aliphatic carbocycles. The number of aromatic nitrogens is 3. The molecule has 0 atom stereocenters. The van der Waals surface area contributed by atoms with Crippen LogP contribution in [0.3, 0.4) is 0 Å². The van der Waals surface area contributed by atoms with Crippen molar-refractivity contribution < 1.29 is 9.90 Å². The molecule has 78 valence electrons. The highest BCUT2D eigenvalue weighted by Gasteiger charge is 2.16. The van der Waals surface area contributed by atoms with Gasteiger partial charge in [-0.1, -0.05) is 0 Å². The van der Waals surface area contributed by atoms with Crippen molar-refractivity contribution in [2.75, 3.05) is 0 Å². The van der Waals surface area contributed by atoms with E-state index in [1.54, 1.807) is 0 Å². The van der Waals surface area contributed by atoms with Gasteiger partial charge in [-0.2, -0.15) is 5.10 Å². The van der Waals surface area contributed by atoms with Gasteiger partial charge in [0.1, 0.15) is 5.56 Å². The molecule has 5 nitrogen and oxygen atoms in total. The SMILES string of the molecule is Cc1cc(-c2[nH]ncc2C(=O)O)c(C)[nH]1. The number of carboxylic acid groups (broad SMARTS) is 1. The van der Waals surface area contributed by atoms with Crippen LogP contribution in [0.15, 0.2) is 12.3 Å². The van der Waals surface area contributed by atoms with E-state index in [2.05, 4.69) is 15.2 Å². The third-order valence-electron chi connectivity index (χ3n) is 2.29. The van der Waals surface area contributed by atoms with Crippen LogP contribution >= 0.6 is 0 Å². The number of aryl methyl sites for hydroxylation is 2. The Bertz CT molecular complexity index is 510. The van der Waals surface area contributed by atoms with Crippen molar-refractivity contribution in [1.82, 2.24) is 15.2 Å². The first kappa shape index (κ1) is 9.51. The van der Waals surface area contributed by atoms with Crippen LogP contribution in [0.25, 0.3) is 11.3 Å². The molecule has 0 saturated carbocycles. The Labute approximate surface area is 86.1 Å². The van der Waals surface area contributed by atoms with Crippen molar-refractivity contribution in [3.8, 4) is 11.3 Å². The Morgan fingerprint density at radius 3 is 2.73 bits per heavy atom. The summed E-state index contributed by atoms with van der Waals surface area (Å²) in [5.74, 6) is -0.975. The molecule has 3 N–H and O–H groups in total. The molecular weight excluding hydrogens is 194 g/mol. The molecule has 0 aliphatic rings. The van der Waals surface area contributed by atoms with Crippen molar-refractivity contribution in [2.45, 2.75) is 13.8 Å². The standard InChI is InChI=1S/C10H11N3O2/c1-5-3-7(6(2)12-5)9-8(10(14)15)4-11-13-9/h3-4,12H,1-2H3,(H,11,13)(H,14,15). The number of aromatic amines is 2. The lowest BCUT2D eigenvalue weighted by Gasteiger charge is -1.97. The first-order valence-electron chi connectivity index (χ1n) is 4.53. The summed E-state index contributed by atoms with van der Waals surface area (Å²) in [7, 11) is 0. The molecular formula is C10H11N3O2. The van der Waals surface area contributed by atoms with Gasteiger partial charge in [-0.05, 0) is 19.9 Å². The van der Waals surface area contributed by atoms with E-state index in [1.165, 1.54) is 6.20 Å². The summed E-state index contributed by atoms with van der Waals surface area (Å²) >= 11 is 0. The van der Waals surface area contributed by atoms with Gasteiger partial charge >= 0.3 is 5.97 Å². The predicted octanol–water partition coefficient (Wildman–Crippen LogP) is 1.72. The van der Waals surface area contributed by atoms with Crippen LogP contribution in [0.5, 0.6) is 0 Å². The third kappa shape index (κ3) is 1.52. The van der Waals surface area contributed by atoms with Crippen LogP contribution in [0.2, 0.25) is 0 Å². The largest absolute Gasteiger partial charge is 0.478 e. The van der Waals surface area contributed by atoms with Gasteiger partial charge in [-0.15, -0.1) is 0 Å². The second kappa shape index (κ2) is 3.27. The third-order valence-corrected chi connectivity index (χ3v) is 2.29. The number of hydrogen-bond donors (Lipinski definition) is 3. The number of rotatable bonds is 2. The Kier molecular flexibility index (Phi) is 2.07. The minimum atomic E-state index is -0.975. The summed E-state index contributed by atoms with van der Waals surface area (Å²) in [6.45, 7) is 3.82. The maximum absolute atomic E-state index is 10.9. The molecule has 0 saturated heterocycles. The van der Waals surface area contributed by atoms with E-state index in [9.17, 15) is 4.79 Å². The second-order valence-corrected chi connectivity index (χ2v) is 3.45. The summed E-state index contributed by atoms with van der Waals surface area (Å²) in [6, 6.07) is 1.90. The van der Waals surface area contributed by atoms with E-state index in [4.69, 9.17) is 5.11 Å². The highest BCUT2D eigenvalue weighted by molar-refractivity contribution is 5.94. The first-order chi connectivity index (χ1) is 7.09. The Hall–Kier alpha value is -2.04. The lowest BCUT2D eigenvalue weighted by molar-refractivity contribution is 0.0698. The number of carbonyl (C=O) groups is 1. The summed E-state index contributed by atoms with van der Waals surface area (Å²) in [6.07, 6.45) is 1.32. The fourth-order valence-electron chi connectivity index (χ4n) is 1.64. The minimum Gasteiger partial charge on any atom is -0.478 e. The van der Waals surface area contributed by atoms with E-state index < -0.39 is 5.97 Å². The molecule has 0 spiro atoms. The first-order valence-corrected chi connectivity index (χ1v) is 4.53. The molecule has 0 unspecified atom stereocenters. The molecule has 0 bridgehead atoms. The van der Waals surface area contributed by atoms with Crippen molar-refractivity contribution in [1.29, 1.82) is 0 Å². The van der Waals surface area contributed by atoms with Crippen LogP contribution in [0.1, 0.15) is 21.7 Å². The lowest BCUT2D eigenvalue weighted by Crippen LogP contribution is -1.96. The number of aromatic carboxylic acids is 1. The van der Waals surface area contributed by atoms with Crippen molar-refractivity contribution in [3.63, 3.8) is 0 Å². The molecule has 2 aromatic rings. The Morgan fingerprint density at radius 2 is 2.20 bits per heavy atom. The van der Waals surface area contributed by atoms with Crippen LogP contribution in [0, 0.1) is 13.8 Å². The predicted molar refractivity (Wildman–Crippen MR) is 54.8 cm³/mol. The number of carboxylic acids is 1. The monoisotopic (exact) mass is 205 g/mol. The molecule has 0 fully saturated rings. The smallest absolute Gasteiger partial charge is 0.339 e. The highest BCUT2D eigenvalue weighted by atomic mass is 16.4. The summed E-state index contributed by atoms with van der Waals surface area (Å²) in [4.78, 5) is 14.0. The van der Waals surface area contributed by atoms with Gasteiger partial charge in [0, 0.05) is 17.0 Å². The van der Waals surface area contributed by atoms with E-state index in [1.807, 2.05) is 19.9 Å². The van der Waals surface area contributed by atoms with E-state index in [0.717, 1.165) is 17.0 Å². The molecule has 15 heavy (non-hydrogen) atoms. The van der Waals surface area contributed by atoms with Crippen LogP contribution in [-0.2, 0) is 0 Å². The van der Waals surface area contributed by atoms with Gasteiger partial charge < -0.3 is 10.1 Å². The number of nitrogens with one attached hydrogen (secondary N) is 2. The molecule has 0 radical (unpaired) electrons. The normalized spacial score (nSPS) is 10.5. The zero-order chi connectivity index (χ0) is 11.0. The van der Waals surface area contributed by atoms with Gasteiger partial charge in [0.05, 0.1) is 11.9 Å². The Morgan fingerprint density at radius 1 is 1.47 bits per heavy atom. The number of nitrogens with zero attached hydrogens (tertiary/aromatic N) is 1. The molecule has 0 aromatic carbocycles. The number of hydrogen-bond acceptors (Lipinski definition) is 2. The molecule has 0 aliphatic heterocycles. The Balaban J connectivity index is 2.58. The maximum atomic E-state index is 10.9. The minimum absolute atomic E-state index is 0.192. The van der Waals surface area contributed by atoms with Crippen LogP contribution < -0.4 is 0 Å². The zero-order valence-corrected chi connectivity index (χ0v) is 8.46. The van der Waals surface area contributed by atoms with Crippen LogP contribution in [-0.4, -0.2) is 26.3 Å². The topological polar surface area (TPSA) is 81.8 Å². The molecule has 2 heterocycles. The quantitative estimate of drug-likeness (QED) is 0.698. The lowest BCUT2D eigenvalue weighted by atomic mass is 10.1. The second-order valence-electron chi connectivity index (χ2n) is 3.45. The van der Waals surface area contributed by atoms with Crippen molar-refractivity contribution in [3.05, 3.63) is 29.2 Å².